The number of hydrogen-bond donors (Lipinski definition) is 0. The minimum absolute atomic E-state index is 0.269. The Labute approximate surface area is 118 Å². The van der Waals surface area contributed by atoms with Crippen LogP contribution in [-0.2, 0) is 14.3 Å². The van der Waals surface area contributed by atoms with Gasteiger partial charge in [-0.25, -0.2) is 0 Å². The number of nitrogens with zero attached hydrogens (tertiary/aromatic N) is 2. The van der Waals surface area contributed by atoms with Crippen molar-refractivity contribution in [2.45, 2.75) is 51.4 Å². The van der Waals surface area contributed by atoms with Crippen LogP contribution < -0.4 is 0 Å². The zero-order valence-electron chi connectivity index (χ0n) is 12.1. The van der Waals surface area contributed by atoms with Crippen molar-refractivity contribution >= 4 is 5.97 Å². The number of aromatic nitrogens is 2. The minimum Gasteiger partial charge on any atom is -0.465 e. The second-order valence-electron chi connectivity index (χ2n) is 4.97. The molecule has 1 fully saturated rings. The monoisotopic (exact) mass is 282 g/mol. The van der Waals surface area contributed by atoms with Crippen molar-refractivity contribution in [3.8, 4) is 0 Å². The summed E-state index contributed by atoms with van der Waals surface area (Å²) in [6.07, 6.45) is 3.32. The zero-order chi connectivity index (χ0) is 14.4. The number of carbonyl (C=O) groups excluding carboxylic acids is 1. The van der Waals surface area contributed by atoms with Gasteiger partial charge in [0, 0.05) is 19.1 Å². The molecule has 112 valence electrons. The van der Waals surface area contributed by atoms with Crippen molar-refractivity contribution in [2.24, 2.45) is 0 Å². The summed E-state index contributed by atoms with van der Waals surface area (Å²) < 4.78 is 15.7. The fourth-order valence-electron chi connectivity index (χ4n) is 2.38. The average molecular weight is 282 g/mol. The van der Waals surface area contributed by atoms with Crippen LogP contribution in [0.25, 0.3) is 0 Å². The molecule has 1 saturated heterocycles. The Bertz CT molecular complexity index is 427. The van der Waals surface area contributed by atoms with Crippen molar-refractivity contribution in [1.29, 1.82) is 0 Å². The lowest BCUT2D eigenvalue weighted by molar-refractivity contribution is -0.145. The van der Waals surface area contributed by atoms with Crippen LogP contribution in [-0.4, -0.2) is 35.9 Å². The van der Waals surface area contributed by atoms with Crippen LogP contribution in [0.1, 0.15) is 63.1 Å². The first-order chi connectivity index (χ1) is 9.76. The molecule has 0 radical (unpaired) electrons. The van der Waals surface area contributed by atoms with Gasteiger partial charge in [-0.1, -0.05) is 18.5 Å². The summed E-state index contributed by atoms with van der Waals surface area (Å²) in [4.78, 5) is 16.4. The van der Waals surface area contributed by atoms with Crippen LogP contribution in [0.15, 0.2) is 4.52 Å². The van der Waals surface area contributed by atoms with E-state index in [2.05, 4.69) is 10.1 Å². The van der Waals surface area contributed by atoms with E-state index in [0.29, 0.717) is 24.7 Å². The van der Waals surface area contributed by atoms with Gasteiger partial charge in [0.1, 0.15) is 5.92 Å². The SMILES string of the molecule is CCCC(C(=O)OCC)c1nc(C2CCOCC2)no1. The van der Waals surface area contributed by atoms with E-state index in [0.717, 1.165) is 32.5 Å². The highest BCUT2D eigenvalue weighted by molar-refractivity contribution is 5.76. The molecule has 0 aliphatic carbocycles. The fraction of sp³-hybridized carbons (Fsp3) is 0.786. The van der Waals surface area contributed by atoms with E-state index in [1.165, 1.54) is 0 Å². The summed E-state index contributed by atoms with van der Waals surface area (Å²) in [5.74, 6) is 0.615. The zero-order valence-corrected chi connectivity index (χ0v) is 12.1. The Morgan fingerprint density at radius 1 is 1.40 bits per heavy atom. The second kappa shape index (κ2) is 7.38. The van der Waals surface area contributed by atoms with Crippen molar-refractivity contribution in [3.63, 3.8) is 0 Å². The number of rotatable bonds is 6. The third kappa shape index (κ3) is 3.56. The summed E-state index contributed by atoms with van der Waals surface area (Å²) in [6, 6.07) is 0. The molecule has 20 heavy (non-hydrogen) atoms. The largest absolute Gasteiger partial charge is 0.465 e. The molecule has 2 heterocycles. The van der Waals surface area contributed by atoms with Gasteiger partial charge in [-0.3, -0.25) is 4.79 Å². The van der Waals surface area contributed by atoms with Gasteiger partial charge in [0.05, 0.1) is 6.61 Å². The van der Waals surface area contributed by atoms with Crippen LogP contribution in [0.3, 0.4) is 0 Å². The van der Waals surface area contributed by atoms with Crippen molar-refractivity contribution < 1.29 is 18.8 Å². The topological polar surface area (TPSA) is 74.5 Å². The van der Waals surface area contributed by atoms with E-state index in [1.807, 2.05) is 6.92 Å². The number of esters is 1. The molecule has 1 aromatic rings. The highest BCUT2D eigenvalue weighted by Gasteiger charge is 2.29. The number of carbonyl (C=O) groups is 1. The predicted molar refractivity (Wildman–Crippen MR) is 71.4 cm³/mol. The quantitative estimate of drug-likeness (QED) is 0.746. The van der Waals surface area contributed by atoms with Gasteiger partial charge in [-0.2, -0.15) is 4.98 Å². The van der Waals surface area contributed by atoms with Gasteiger partial charge in [0.25, 0.3) is 0 Å². The molecule has 0 amide bonds. The second-order valence-corrected chi connectivity index (χ2v) is 4.97. The van der Waals surface area contributed by atoms with E-state index < -0.39 is 5.92 Å². The van der Waals surface area contributed by atoms with E-state index in [9.17, 15) is 4.79 Å². The third-order valence-corrected chi connectivity index (χ3v) is 3.49. The lowest BCUT2D eigenvalue weighted by atomic mass is 9.99. The molecular weight excluding hydrogens is 260 g/mol. The Morgan fingerprint density at radius 2 is 2.15 bits per heavy atom. The summed E-state index contributed by atoms with van der Waals surface area (Å²) in [6.45, 7) is 5.62. The molecule has 0 aromatic carbocycles. The predicted octanol–water partition coefficient (Wildman–Crippen LogP) is 2.41. The van der Waals surface area contributed by atoms with Gasteiger partial charge < -0.3 is 14.0 Å². The Kier molecular flexibility index (Phi) is 5.52. The molecule has 6 heteroatoms. The molecule has 0 spiro atoms. The molecule has 1 unspecified atom stereocenters. The molecule has 1 aliphatic heterocycles. The number of hydrogen-bond acceptors (Lipinski definition) is 6. The van der Waals surface area contributed by atoms with E-state index in [-0.39, 0.29) is 11.9 Å². The molecule has 0 saturated carbocycles. The van der Waals surface area contributed by atoms with Crippen molar-refractivity contribution in [1.82, 2.24) is 10.1 Å². The Morgan fingerprint density at radius 3 is 2.80 bits per heavy atom. The van der Waals surface area contributed by atoms with Crippen LogP contribution >= 0.6 is 0 Å². The number of ether oxygens (including phenoxy) is 2. The van der Waals surface area contributed by atoms with E-state index in [4.69, 9.17) is 14.0 Å². The fourth-order valence-corrected chi connectivity index (χ4v) is 2.38. The molecule has 6 nitrogen and oxygen atoms in total. The van der Waals surface area contributed by atoms with Gasteiger partial charge in [0.15, 0.2) is 5.82 Å². The highest BCUT2D eigenvalue weighted by Crippen LogP contribution is 2.27. The van der Waals surface area contributed by atoms with Gasteiger partial charge >= 0.3 is 5.97 Å². The Hall–Kier alpha value is -1.43. The molecule has 1 aromatic heterocycles. The van der Waals surface area contributed by atoms with Crippen molar-refractivity contribution in [3.05, 3.63) is 11.7 Å². The summed E-state index contributed by atoms with van der Waals surface area (Å²) in [5.41, 5.74) is 0. The first-order valence-electron chi connectivity index (χ1n) is 7.34. The lowest BCUT2D eigenvalue weighted by Crippen LogP contribution is -2.17. The van der Waals surface area contributed by atoms with Crippen LogP contribution in [0.2, 0.25) is 0 Å². The summed E-state index contributed by atoms with van der Waals surface area (Å²) in [5, 5.41) is 4.04. The molecule has 1 aliphatic rings. The first-order valence-corrected chi connectivity index (χ1v) is 7.34. The smallest absolute Gasteiger partial charge is 0.318 e. The lowest BCUT2D eigenvalue weighted by Gasteiger charge is -2.18. The maximum Gasteiger partial charge on any atom is 0.318 e. The third-order valence-electron chi connectivity index (χ3n) is 3.49. The average Bonchev–Trinajstić information content (AvgIpc) is 2.95. The van der Waals surface area contributed by atoms with Crippen LogP contribution in [0.4, 0.5) is 0 Å². The standard InChI is InChI=1S/C14H22N2O4/c1-3-5-11(14(17)19-4-2)13-15-12(16-20-13)10-6-8-18-9-7-10/h10-11H,3-9H2,1-2H3. The molecule has 0 N–H and O–H groups in total. The van der Waals surface area contributed by atoms with E-state index >= 15 is 0 Å². The first kappa shape index (κ1) is 15.0. The van der Waals surface area contributed by atoms with Crippen LogP contribution in [0.5, 0.6) is 0 Å². The molecule has 1 atom stereocenters. The van der Waals surface area contributed by atoms with Gasteiger partial charge in [-0.15, -0.1) is 0 Å². The maximum atomic E-state index is 11.9. The summed E-state index contributed by atoms with van der Waals surface area (Å²) in [7, 11) is 0. The maximum absolute atomic E-state index is 11.9. The van der Waals surface area contributed by atoms with Gasteiger partial charge in [0.2, 0.25) is 5.89 Å². The van der Waals surface area contributed by atoms with Gasteiger partial charge in [-0.05, 0) is 26.2 Å². The van der Waals surface area contributed by atoms with Crippen LogP contribution in [0, 0.1) is 0 Å². The van der Waals surface area contributed by atoms with E-state index in [1.54, 1.807) is 6.92 Å². The molecule has 2 rings (SSSR count). The normalized spacial score (nSPS) is 17.9. The Balaban J connectivity index is 2.09. The molecule has 0 bridgehead atoms. The minimum atomic E-state index is -0.443. The summed E-state index contributed by atoms with van der Waals surface area (Å²) >= 11 is 0. The highest BCUT2D eigenvalue weighted by atomic mass is 16.5. The van der Waals surface area contributed by atoms with Crippen molar-refractivity contribution in [2.75, 3.05) is 19.8 Å². The molecular formula is C14H22N2O4.